The fraction of sp³-hybridized carbons (Fsp3) is 0.300. The Kier molecular flexibility index (Phi) is 9.74. The molecular weight excluding hydrogens is 533 g/mol. The van der Waals surface area contributed by atoms with Crippen LogP contribution in [-0.2, 0) is 23.9 Å². The lowest BCUT2D eigenvalue weighted by molar-refractivity contribution is -0.138. The molecule has 0 saturated heterocycles. The Bertz CT molecular complexity index is 1470. The highest BCUT2D eigenvalue weighted by atomic mass is 19.4. The van der Waals surface area contributed by atoms with E-state index in [9.17, 15) is 18.0 Å². The van der Waals surface area contributed by atoms with Crippen molar-refractivity contribution in [2.75, 3.05) is 32.5 Å². The number of H-pyrrole nitrogens is 1. The Morgan fingerprint density at radius 2 is 1.85 bits per heavy atom. The molecule has 0 radical (unpaired) electrons. The van der Waals surface area contributed by atoms with Gasteiger partial charge in [-0.25, -0.2) is 4.98 Å². The first kappa shape index (κ1) is 29.8. The lowest BCUT2D eigenvalue weighted by Gasteiger charge is -2.13. The second-order valence-corrected chi connectivity index (χ2v) is 9.94. The minimum atomic E-state index is -4.48. The molecule has 2 heterocycles. The molecule has 11 heteroatoms. The number of ether oxygens (including phenoxy) is 1. The van der Waals surface area contributed by atoms with Crippen molar-refractivity contribution >= 4 is 11.6 Å². The summed E-state index contributed by atoms with van der Waals surface area (Å²) in [5.41, 5.74) is 1.89. The van der Waals surface area contributed by atoms with Crippen molar-refractivity contribution in [3.8, 4) is 23.0 Å². The van der Waals surface area contributed by atoms with E-state index >= 15 is 0 Å². The molecule has 1 amide bonds. The van der Waals surface area contributed by atoms with Crippen molar-refractivity contribution in [1.29, 1.82) is 0 Å². The zero-order valence-corrected chi connectivity index (χ0v) is 23.2. The van der Waals surface area contributed by atoms with Gasteiger partial charge >= 0.3 is 6.18 Å². The van der Waals surface area contributed by atoms with Gasteiger partial charge in [-0.15, -0.1) is 0 Å². The van der Waals surface area contributed by atoms with Crippen LogP contribution in [0.2, 0.25) is 0 Å². The van der Waals surface area contributed by atoms with Crippen molar-refractivity contribution in [3.63, 3.8) is 0 Å². The maximum Gasteiger partial charge on any atom is 0.416 e. The number of benzene rings is 2. The SMILES string of the molecule is Cc1ccc(NC(=O)CCc2cccc(Oc3ccnc(-c4ncc(CNCCN(C)C)[nH]4)c3)c2)cc1C(F)(F)F. The lowest BCUT2D eigenvalue weighted by Crippen LogP contribution is -2.26. The molecule has 4 aromatic rings. The number of pyridine rings is 1. The number of amides is 1. The number of imidazole rings is 1. The summed E-state index contributed by atoms with van der Waals surface area (Å²) in [6.45, 7) is 3.86. The van der Waals surface area contributed by atoms with Gasteiger partial charge in [0, 0.05) is 49.7 Å². The van der Waals surface area contributed by atoms with E-state index in [1.807, 2.05) is 32.3 Å². The Labute approximate surface area is 237 Å². The van der Waals surface area contributed by atoms with Crippen LogP contribution in [0.4, 0.5) is 18.9 Å². The van der Waals surface area contributed by atoms with Crippen LogP contribution in [0.1, 0.15) is 28.8 Å². The van der Waals surface area contributed by atoms with Crippen LogP contribution < -0.4 is 15.4 Å². The van der Waals surface area contributed by atoms with Crippen LogP contribution in [0, 0.1) is 6.92 Å². The highest BCUT2D eigenvalue weighted by Gasteiger charge is 2.32. The molecule has 0 spiro atoms. The number of nitrogens with zero attached hydrogens (tertiary/aromatic N) is 3. The second-order valence-electron chi connectivity index (χ2n) is 9.94. The first-order valence-corrected chi connectivity index (χ1v) is 13.2. The van der Waals surface area contributed by atoms with Crippen molar-refractivity contribution in [2.24, 2.45) is 0 Å². The van der Waals surface area contributed by atoms with E-state index in [-0.39, 0.29) is 23.6 Å². The number of alkyl halides is 3. The van der Waals surface area contributed by atoms with Crippen molar-refractivity contribution in [1.82, 2.24) is 25.2 Å². The van der Waals surface area contributed by atoms with Crippen LogP contribution in [0.5, 0.6) is 11.5 Å². The molecule has 0 atom stereocenters. The Morgan fingerprint density at radius 1 is 1.05 bits per heavy atom. The number of hydrogen-bond acceptors (Lipinski definition) is 6. The fourth-order valence-electron chi connectivity index (χ4n) is 4.10. The third-order valence-corrected chi connectivity index (χ3v) is 6.26. The number of aromatic nitrogens is 3. The van der Waals surface area contributed by atoms with Gasteiger partial charge in [0.05, 0.1) is 11.8 Å². The highest BCUT2D eigenvalue weighted by molar-refractivity contribution is 5.91. The summed E-state index contributed by atoms with van der Waals surface area (Å²) in [5.74, 6) is 1.42. The van der Waals surface area contributed by atoms with E-state index in [4.69, 9.17) is 4.74 Å². The minimum absolute atomic E-state index is 0.100. The number of nitrogens with one attached hydrogen (secondary N) is 3. The van der Waals surface area contributed by atoms with Gasteiger partial charge in [-0.3, -0.25) is 9.78 Å². The summed E-state index contributed by atoms with van der Waals surface area (Å²) in [6.07, 6.45) is -0.569. The first-order valence-electron chi connectivity index (χ1n) is 13.2. The van der Waals surface area contributed by atoms with Crippen LogP contribution >= 0.6 is 0 Å². The standard InChI is InChI=1S/C30H33F3N6O2/c1-20-7-9-22(16-26(20)30(31,32)33)37-28(40)10-8-21-5-4-6-24(15-21)41-25-11-12-35-27(17-25)29-36-19-23(38-29)18-34-13-14-39(2)3/h4-7,9,11-12,15-17,19,34H,8,10,13-14,18H2,1-3H3,(H,36,38)(H,37,40). The Morgan fingerprint density at radius 3 is 2.63 bits per heavy atom. The zero-order valence-electron chi connectivity index (χ0n) is 23.2. The lowest BCUT2D eigenvalue weighted by atomic mass is 10.1. The highest BCUT2D eigenvalue weighted by Crippen LogP contribution is 2.33. The molecule has 2 aromatic carbocycles. The maximum atomic E-state index is 13.2. The van der Waals surface area contributed by atoms with E-state index in [2.05, 4.69) is 30.5 Å². The molecule has 0 aliphatic heterocycles. The van der Waals surface area contributed by atoms with Crippen LogP contribution in [-0.4, -0.2) is 52.9 Å². The normalized spacial score (nSPS) is 11.6. The van der Waals surface area contributed by atoms with Crippen LogP contribution in [0.15, 0.2) is 67.0 Å². The number of hydrogen-bond donors (Lipinski definition) is 3. The molecule has 0 fully saturated rings. The smallest absolute Gasteiger partial charge is 0.416 e. The molecule has 0 unspecified atom stereocenters. The van der Waals surface area contributed by atoms with Crippen molar-refractivity contribution in [3.05, 3.63) is 89.4 Å². The van der Waals surface area contributed by atoms with Gasteiger partial charge in [0.2, 0.25) is 5.91 Å². The Balaban J connectivity index is 1.32. The van der Waals surface area contributed by atoms with Gasteiger partial charge in [-0.2, -0.15) is 13.2 Å². The fourth-order valence-corrected chi connectivity index (χ4v) is 4.10. The number of halogens is 3. The third kappa shape index (κ3) is 8.89. The molecule has 41 heavy (non-hydrogen) atoms. The number of anilines is 1. The third-order valence-electron chi connectivity index (χ3n) is 6.26. The van der Waals surface area contributed by atoms with Gasteiger partial charge < -0.3 is 25.3 Å². The summed E-state index contributed by atoms with van der Waals surface area (Å²) in [7, 11) is 4.06. The number of rotatable bonds is 12. The van der Waals surface area contributed by atoms with Crippen molar-refractivity contribution in [2.45, 2.75) is 32.5 Å². The van der Waals surface area contributed by atoms with Crippen LogP contribution in [0.3, 0.4) is 0 Å². The van der Waals surface area contributed by atoms with E-state index in [0.29, 0.717) is 36.0 Å². The largest absolute Gasteiger partial charge is 0.457 e. The molecule has 0 aliphatic rings. The summed E-state index contributed by atoms with van der Waals surface area (Å²) >= 11 is 0. The van der Waals surface area contributed by atoms with E-state index in [1.54, 1.807) is 30.6 Å². The van der Waals surface area contributed by atoms with Gasteiger partial charge in [0.15, 0.2) is 5.82 Å². The maximum absolute atomic E-state index is 13.2. The number of aryl methyl sites for hydroxylation is 2. The van der Waals surface area contributed by atoms with Crippen molar-refractivity contribution < 1.29 is 22.7 Å². The minimum Gasteiger partial charge on any atom is -0.457 e. The van der Waals surface area contributed by atoms with E-state index in [0.717, 1.165) is 30.4 Å². The number of likely N-dealkylation sites (N-methyl/N-ethyl adjacent to an activating group) is 1. The molecular formula is C30H33F3N6O2. The second kappa shape index (κ2) is 13.4. The molecule has 0 aliphatic carbocycles. The summed E-state index contributed by atoms with van der Waals surface area (Å²) in [4.78, 5) is 26.7. The molecule has 2 aromatic heterocycles. The number of aromatic amines is 1. The van der Waals surface area contributed by atoms with E-state index < -0.39 is 11.7 Å². The summed E-state index contributed by atoms with van der Waals surface area (Å²) < 4.78 is 45.6. The molecule has 0 saturated carbocycles. The molecule has 0 bridgehead atoms. The van der Waals surface area contributed by atoms with Gasteiger partial charge in [-0.05, 0) is 68.9 Å². The average Bonchev–Trinajstić information content (AvgIpc) is 3.40. The quantitative estimate of drug-likeness (QED) is 0.187. The summed E-state index contributed by atoms with van der Waals surface area (Å²) in [6, 6.07) is 14.6. The predicted octanol–water partition coefficient (Wildman–Crippen LogP) is 5.81. The Hall–Kier alpha value is -4.22. The number of carbonyl (C=O) groups is 1. The molecule has 8 nitrogen and oxygen atoms in total. The summed E-state index contributed by atoms with van der Waals surface area (Å²) in [5, 5.41) is 5.92. The van der Waals surface area contributed by atoms with Gasteiger partial charge in [-0.1, -0.05) is 18.2 Å². The molecule has 4 rings (SSSR count). The zero-order chi connectivity index (χ0) is 29.4. The molecule has 3 N–H and O–H groups in total. The van der Waals surface area contributed by atoms with Crippen LogP contribution in [0.25, 0.3) is 11.5 Å². The van der Waals surface area contributed by atoms with Gasteiger partial charge in [0.1, 0.15) is 17.2 Å². The predicted molar refractivity (Wildman–Crippen MR) is 152 cm³/mol. The topological polar surface area (TPSA) is 95.2 Å². The van der Waals surface area contributed by atoms with Gasteiger partial charge in [0.25, 0.3) is 0 Å². The molecule has 216 valence electrons. The average molecular weight is 567 g/mol. The first-order chi connectivity index (χ1) is 19.6. The monoisotopic (exact) mass is 566 g/mol. The number of carbonyl (C=O) groups excluding carboxylic acids is 1. The van der Waals surface area contributed by atoms with E-state index in [1.165, 1.54) is 19.1 Å².